The van der Waals surface area contributed by atoms with E-state index in [1.165, 1.54) is 108 Å². The molecule has 0 unspecified atom stereocenters. The maximum atomic E-state index is 12.2. The Balaban J connectivity index is 0.000000227. The fraction of sp³-hybridized carbons (Fsp3) is 0.516. The quantitative estimate of drug-likeness (QED) is 0.0497. The molecule has 0 radical (unpaired) electrons. The molecule has 9 heterocycles. The molecule has 5 N–H and O–H groups in total. The summed E-state index contributed by atoms with van der Waals surface area (Å²) in [5.41, 5.74) is 9.07. The number of carbonyl (C=O) groups is 6. The van der Waals surface area contributed by atoms with Gasteiger partial charge < -0.3 is 26.2 Å². The Morgan fingerprint density at radius 3 is 1.66 bits per heavy atom. The maximum absolute atomic E-state index is 12.2. The van der Waals surface area contributed by atoms with Crippen LogP contribution in [0, 0.1) is 45.7 Å². The fourth-order valence-electron chi connectivity index (χ4n) is 8.40. The molecule has 0 spiro atoms. The molecule has 2 amide bonds. The lowest BCUT2D eigenvalue weighted by molar-refractivity contribution is -0.140. The minimum Gasteiger partial charge on any atom is -0.481 e. The number of esters is 1. The number of nitrogens with two attached hydrogens (primary N) is 1. The van der Waals surface area contributed by atoms with Gasteiger partial charge in [0.25, 0.3) is 11.9 Å². The highest BCUT2D eigenvalue weighted by Gasteiger charge is 2.25. The number of nitrogens with zero attached hydrogens (tertiary/aromatic N) is 6. The number of ether oxygens (including phenoxy) is 1. The SMILES string of the molecule is CC(=O)O.CCOC(=O)CSC#N.N#CC1CCSCC1.NCC1CCSCC1.O=C1CCSCC1.O=C1CSC(=NCC2CCSCC2)N1.O=C1NC(=NCC2CCSCC2)S/C1=C\c1ccc2ncccc2c1.O=Cc1ccc2ncccc2c1. The molecule has 0 atom stereocenters. The highest BCUT2D eigenvalue weighted by molar-refractivity contribution is 8.18. The molecule has 7 aliphatic heterocycles. The van der Waals surface area contributed by atoms with Gasteiger partial charge in [0, 0.05) is 79.0 Å². The van der Waals surface area contributed by atoms with Crippen LogP contribution in [0.25, 0.3) is 27.9 Å². The second kappa shape index (κ2) is 46.4. The number of aliphatic carboxylic acids is 1. The van der Waals surface area contributed by atoms with Crippen LogP contribution >= 0.6 is 94.1 Å². The van der Waals surface area contributed by atoms with Crippen LogP contribution in [0.5, 0.6) is 0 Å². The first-order valence-electron chi connectivity index (χ1n) is 29.1. The van der Waals surface area contributed by atoms with Gasteiger partial charge in [-0.3, -0.25) is 48.7 Å². The van der Waals surface area contributed by atoms with Crippen molar-refractivity contribution in [3.8, 4) is 11.5 Å². The number of rotatable bonds is 10. The minimum atomic E-state index is -0.833. The number of carboxylic acids is 1. The first-order chi connectivity index (χ1) is 42.3. The van der Waals surface area contributed by atoms with E-state index in [-0.39, 0.29) is 23.5 Å². The van der Waals surface area contributed by atoms with E-state index in [0.29, 0.717) is 40.4 Å². The van der Waals surface area contributed by atoms with Gasteiger partial charge in [0.1, 0.15) is 23.2 Å². The van der Waals surface area contributed by atoms with Gasteiger partial charge in [-0.05, 0) is 206 Å². The van der Waals surface area contributed by atoms with E-state index >= 15 is 0 Å². The first kappa shape index (κ1) is 74.8. The Hall–Kier alpha value is -4.70. The molecule has 87 heavy (non-hydrogen) atoms. The number of hydrogen-bond acceptors (Lipinski definition) is 22. The summed E-state index contributed by atoms with van der Waals surface area (Å²) in [4.78, 5) is 81.6. The summed E-state index contributed by atoms with van der Waals surface area (Å²) in [6.07, 6.45) is 17.8. The number of aldehydes is 1. The van der Waals surface area contributed by atoms with Crippen LogP contribution in [0.1, 0.15) is 94.0 Å². The molecule has 7 saturated heterocycles. The van der Waals surface area contributed by atoms with E-state index in [0.717, 1.165) is 131 Å². The van der Waals surface area contributed by atoms with Crippen LogP contribution in [0.15, 0.2) is 87.9 Å². The van der Waals surface area contributed by atoms with Crippen LogP contribution in [-0.4, -0.2) is 157 Å². The van der Waals surface area contributed by atoms with E-state index in [9.17, 15) is 24.0 Å². The zero-order valence-electron chi connectivity index (χ0n) is 49.6. The van der Waals surface area contributed by atoms with E-state index in [1.807, 2.05) is 102 Å². The van der Waals surface area contributed by atoms with Gasteiger partial charge in [0.05, 0.1) is 34.4 Å². The Labute approximate surface area is 547 Å². The zero-order chi connectivity index (χ0) is 62.7. The van der Waals surface area contributed by atoms with Crippen molar-refractivity contribution in [2.75, 3.05) is 95.3 Å². The molecule has 7 fully saturated rings. The molecule has 7 aliphatic rings. The molecule has 2 aromatic heterocycles. The van der Waals surface area contributed by atoms with Crippen molar-refractivity contribution in [1.82, 2.24) is 20.6 Å². The number of aliphatic imine (C=N–C) groups is 2. The van der Waals surface area contributed by atoms with Crippen LogP contribution in [0.2, 0.25) is 0 Å². The van der Waals surface area contributed by atoms with Gasteiger partial charge >= 0.3 is 5.97 Å². The highest BCUT2D eigenvalue weighted by atomic mass is 32.2. The van der Waals surface area contributed by atoms with Crippen molar-refractivity contribution in [1.29, 1.82) is 10.5 Å². The number of nitrogens with one attached hydrogen (secondary N) is 2. The highest BCUT2D eigenvalue weighted by Crippen LogP contribution is 2.29. The smallest absolute Gasteiger partial charge is 0.316 e. The van der Waals surface area contributed by atoms with E-state index < -0.39 is 5.97 Å². The third-order valence-electron chi connectivity index (χ3n) is 13.3. The Bertz CT molecular complexity index is 2930. The molecule has 17 nitrogen and oxygen atoms in total. The molecular weight excluding hydrogens is 1260 g/mol. The van der Waals surface area contributed by atoms with Gasteiger partial charge in [-0.2, -0.15) is 69.3 Å². The number of carboxylic acid groups (broad SMARTS) is 1. The predicted molar refractivity (Wildman–Crippen MR) is 372 cm³/mol. The standard InChI is InChI=1S/C19H19N3OS2.C10H7NO.C9H14N2OS2.C6H13NS.C6H9NS.C5H7NO2S.C5H8OS.C2H4O2/c23-18-17(11-14-3-4-16-15(10-14)2-1-7-20-16)25-19(22-18)21-12-13-5-8-24-9-6-13;12-7-8-3-4-10-9(6-8)2-1-5-11-10;12-8-6-14-9(11-8)10-5-7-1-3-13-4-2-7;2*7-5-6-1-3-8-4-2-6;1-2-8-5(7)3-9-4-6;6-5-1-3-7-4-2-5;1-2(3)4/h1-4,7,10-11,13H,5-6,8-9,12H2,(H,21,22,23);1-7H;7H,1-6H2,(H,10,11,12);6H,1-5,7H2;6H,1-4H2;2-3H2,1H3;1-4H2;1H3,(H,3,4)/b17-11-;;;;;;;. The molecular formula is C62H81N9O8S8. The molecule has 11 rings (SSSR count). The largest absolute Gasteiger partial charge is 0.481 e. The topological polar surface area (TPSA) is 280 Å². The average Bonchev–Trinajstić information content (AvgIpc) is 3.94. The maximum Gasteiger partial charge on any atom is 0.316 e. The normalized spacial score (nSPS) is 19.2. The number of aromatic nitrogens is 2. The summed E-state index contributed by atoms with van der Waals surface area (Å²) >= 11 is 13.8. The van der Waals surface area contributed by atoms with Crippen molar-refractivity contribution in [3.63, 3.8) is 0 Å². The number of nitriles is 2. The van der Waals surface area contributed by atoms with Crippen LogP contribution < -0.4 is 16.4 Å². The number of thiocyanates is 1. The second-order valence-corrected chi connectivity index (χ2v) is 28.9. The summed E-state index contributed by atoms with van der Waals surface area (Å²) in [6.45, 7) is 5.81. The van der Waals surface area contributed by atoms with E-state index in [1.54, 1.807) is 30.8 Å². The van der Waals surface area contributed by atoms with Gasteiger partial charge in [0.2, 0.25) is 5.91 Å². The molecule has 470 valence electrons. The van der Waals surface area contributed by atoms with Crippen LogP contribution in [0.3, 0.4) is 0 Å². The van der Waals surface area contributed by atoms with Crippen LogP contribution in [0.4, 0.5) is 0 Å². The number of thioether (sulfide) groups is 8. The number of carbonyl (C=O) groups excluding carboxylic acids is 5. The van der Waals surface area contributed by atoms with Crippen molar-refractivity contribution < 1.29 is 38.6 Å². The number of ketones is 1. The molecule has 0 bridgehead atoms. The van der Waals surface area contributed by atoms with Gasteiger partial charge in [-0.15, -0.1) is 0 Å². The van der Waals surface area contributed by atoms with E-state index in [2.05, 4.69) is 59.2 Å². The monoisotopic (exact) mass is 1340 g/mol. The summed E-state index contributed by atoms with van der Waals surface area (Å²) in [6, 6.07) is 21.5. The van der Waals surface area contributed by atoms with Crippen molar-refractivity contribution >= 4 is 168 Å². The van der Waals surface area contributed by atoms with Crippen LogP contribution in [-0.2, 0) is 28.7 Å². The summed E-state index contributed by atoms with van der Waals surface area (Å²) in [5.74, 6) is 14.8. The lowest BCUT2D eigenvalue weighted by atomic mass is 10.0. The lowest BCUT2D eigenvalue weighted by Gasteiger charge is -2.19. The average molecular weight is 1340 g/mol. The molecule has 2 aromatic carbocycles. The molecule has 0 saturated carbocycles. The van der Waals surface area contributed by atoms with Gasteiger partial charge in [0.15, 0.2) is 10.3 Å². The number of amidine groups is 2. The second-order valence-electron chi connectivity index (χ2n) is 20.0. The Kier molecular flexibility index (Phi) is 39.9. The van der Waals surface area contributed by atoms with Gasteiger partial charge in [-0.25, -0.2) is 0 Å². The third kappa shape index (κ3) is 33.6. The zero-order valence-corrected chi connectivity index (χ0v) is 56.1. The van der Waals surface area contributed by atoms with Crippen molar-refractivity contribution in [2.45, 2.75) is 78.1 Å². The third-order valence-corrected chi connectivity index (χ3v) is 20.8. The Morgan fingerprint density at radius 1 is 0.724 bits per heavy atom. The number of amides is 2. The lowest BCUT2D eigenvalue weighted by Crippen LogP contribution is -2.21. The fourth-order valence-corrected chi connectivity index (χ4v) is 15.9. The molecule has 0 aliphatic carbocycles. The summed E-state index contributed by atoms with van der Waals surface area (Å²) < 4.78 is 4.53. The summed E-state index contributed by atoms with van der Waals surface area (Å²) in [5, 5.41) is 34.9. The number of benzene rings is 2. The number of Topliss-reactive ketones (excluding diaryl/α,β-unsaturated/α-hetero) is 1. The number of pyridine rings is 2. The van der Waals surface area contributed by atoms with E-state index in [4.69, 9.17) is 26.2 Å². The van der Waals surface area contributed by atoms with Gasteiger partial charge in [-0.1, -0.05) is 30.0 Å². The summed E-state index contributed by atoms with van der Waals surface area (Å²) in [7, 11) is 0. The predicted octanol–water partition coefficient (Wildman–Crippen LogP) is 12.0. The number of fused-ring (bicyclic) bond motifs is 2. The molecule has 4 aromatic rings. The van der Waals surface area contributed by atoms with Crippen molar-refractivity contribution in [2.24, 2.45) is 39.4 Å². The molecule has 25 heteroatoms. The first-order valence-corrected chi connectivity index (χ1v) is 37.6. The minimum absolute atomic E-state index is 0.0609. The van der Waals surface area contributed by atoms with Crippen molar-refractivity contribution in [3.05, 3.63) is 89.1 Å². The Morgan fingerprint density at radius 2 is 1.22 bits per heavy atom. The number of hydrogen-bond donors (Lipinski definition) is 4.